The summed E-state index contributed by atoms with van der Waals surface area (Å²) >= 11 is 0. The van der Waals surface area contributed by atoms with E-state index in [0.29, 0.717) is 5.75 Å². The molecule has 0 aliphatic rings. The summed E-state index contributed by atoms with van der Waals surface area (Å²) in [5, 5.41) is 11.2. The minimum Gasteiger partial charge on any atom is -0.496 e. The third kappa shape index (κ3) is 5.00. The molecule has 110 valence electrons. The topological polar surface area (TPSA) is 92.7 Å². The number of ether oxygens (including phenoxy) is 1. The molecule has 0 aromatic heterocycles. The normalized spacial score (nSPS) is 13.3. The highest BCUT2D eigenvalue weighted by molar-refractivity contribution is 7.84. The van der Waals surface area contributed by atoms with Crippen molar-refractivity contribution >= 4 is 22.7 Å². The predicted octanol–water partition coefficient (Wildman–Crippen LogP) is 0.533. The highest BCUT2D eigenvalue weighted by atomic mass is 32.2. The van der Waals surface area contributed by atoms with Crippen molar-refractivity contribution in [3.05, 3.63) is 29.8 Å². The Balaban J connectivity index is 2.70. The van der Waals surface area contributed by atoms with Crippen LogP contribution in [-0.4, -0.2) is 40.1 Å². The number of nitrogens with one attached hydrogen (secondary N) is 1. The first-order valence-electron chi connectivity index (χ1n) is 5.90. The lowest BCUT2D eigenvalue weighted by Crippen LogP contribution is -2.43. The largest absolute Gasteiger partial charge is 0.496 e. The van der Waals surface area contributed by atoms with Crippen LogP contribution < -0.4 is 10.1 Å². The highest BCUT2D eigenvalue weighted by Crippen LogP contribution is 2.19. The van der Waals surface area contributed by atoms with Crippen molar-refractivity contribution in [2.75, 3.05) is 12.9 Å². The summed E-state index contributed by atoms with van der Waals surface area (Å²) in [5.41, 5.74) is 0.736. The van der Waals surface area contributed by atoms with Crippen molar-refractivity contribution in [2.24, 2.45) is 0 Å². The molecule has 0 aliphatic carbocycles. The van der Waals surface area contributed by atoms with Crippen molar-refractivity contribution in [3.8, 4) is 5.75 Å². The number of aliphatic carboxylic acids is 1. The van der Waals surface area contributed by atoms with Gasteiger partial charge in [-0.05, 0) is 6.07 Å². The molecule has 0 spiro atoms. The Morgan fingerprint density at radius 1 is 1.40 bits per heavy atom. The summed E-state index contributed by atoms with van der Waals surface area (Å²) in [6, 6.07) is 5.95. The Morgan fingerprint density at radius 2 is 2.05 bits per heavy atom. The summed E-state index contributed by atoms with van der Waals surface area (Å²) < 4.78 is 17.2. The number of hydrogen-bond donors (Lipinski definition) is 2. The summed E-state index contributed by atoms with van der Waals surface area (Å²) in [6.07, 6.45) is 0. The molecular weight excluding hydrogens is 282 g/mol. The average molecular weight is 299 g/mol. The molecule has 1 unspecified atom stereocenters. The smallest absolute Gasteiger partial charge is 0.327 e. The molecule has 1 aromatic carbocycles. The van der Waals surface area contributed by atoms with E-state index in [1.54, 1.807) is 24.3 Å². The summed E-state index contributed by atoms with van der Waals surface area (Å²) in [4.78, 5) is 21.9. The van der Waals surface area contributed by atoms with Gasteiger partial charge in [0.05, 0.1) is 18.6 Å². The van der Waals surface area contributed by atoms with Crippen molar-refractivity contribution < 1.29 is 23.6 Å². The van der Waals surface area contributed by atoms with E-state index in [1.807, 2.05) is 0 Å². The second-order valence-electron chi connectivity index (χ2n) is 4.15. The number of carbonyl (C=O) groups excluding carboxylic acids is 1. The van der Waals surface area contributed by atoms with Gasteiger partial charge in [-0.3, -0.25) is 9.00 Å². The van der Waals surface area contributed by atoms with Crippen LogP contribution in [0, 0.1) is 0 Å². The van der Waals surface area contributed by atoms with Crippen molar-refractivity contribution in [2.45, 2.75) is 18.7 Å². The van der Waals surface area contributed by atoms with Crippen LogP contribution in [0.25, 0.3) is 0 Å². The van der Waals surface area contributed by atoms with E-state index >= 15 is 0 Å². The second kappa shape index (κ2) is 7.64. The van der Waals surface area contributed by atoms with Gasteiger partial charge in [0.25, 0.3) is 0 Å². The van der Waals surface area contributed by atoms with Gasteiger partial charge in [0, 0.05) is 23.3 Å². The number of amides is 1. The molecule has 20 heavy (non-hydrogen) atoms. The van der Waals surface area contributed by atoms with Crippen molar-refractivity contribution in [3.63, 3.8) is 0 Å². The minimum atomic E-state index is -1.43. The van der Waals surface area contributed by atoms with E-state index in [4.69, 9.17) is 9.84 Å². The van der Waals surface area contributed by atoms with Gasteiger partial charge in [-0.1, -0.05) is 18.2 Å². The van der Waals surface area contributed by atoms with E-state index in [1.165, 1.54) is 14.0 Å². The molecule has 0 saturated heterocycles. The van der Waals surface area contributed by atoms with Gasteiger partial charge in [-0.15, -0.1) is 0 Å². The molecular formula is C13H17NO5S. The Kier molecular flexibility index (Phi) is 6.17. The third-order valence-electron chi connectivity index (χ3n) is 2.54. The van der Waals surface area contributed by atoms with Crippen LogP contribution in [0.2, 0.25) is 0 Å². The fraction of sp³-hybridized carbons (Fsp3) is 0.385. The molecule has 0 radical (unpaired) electrons. The Bertz CT molecular complexity index is 517. The molecule has 2 atom stereocenters. The van der Waals surface area contributed by atoms with Crippen molar-refractivity contribution in [1.82, 2.24) is 5.32 Å². The average Bonchev–Trinajstić information content (AvgIpc) is 2.37. The first kappa shape index (κ1) is 16.2. The second-order valence-corrected chi connectivity index (χ2v) is 5.66. The molecule has 0 aliphatic heterocycles. The van der Waals surface area contributed by atoms with E-state index in [-0.39, 0.29) is 11.5 Å². The number of carboxylic acids is 1. The molecule has 7 heteroatoms. The molecule has 0 bridgehead atoms. The summed E-state index contributed by atoms with van der Waals surface area (Å²) in [6.45, 7) is 1.22. The molecule has 0 saturated carbocycles. The van der Waals surface area contributed by atoms with Crippen LogP contribution in [0.4, 0.5) is 0 Å². The van der Waals surface area contributed by atoms with E-state index in [2.05, 4.69) is 5.32 Å². The van der Waals surface area contributed by atoms with Crippen molar-refractivity contribution in [1.29, 1.82) is 0 Å². The first-order chi connectivity index (χ1) is 9.43. The zero-order chi connectivity index (χ0) is 15.1. The van der Waals surface area contributed by atoms with Gasteiger partial charge in [-0.25, -0.2) is 4.79 Å². The Hall–Kier alpha value is -1.89. The summed E-state index contributed by atoms with van der Waals surface area (Å²) in [7, 11) is 0.0875. The lowest BCUT2D eigenvalue weighted by Gasteiger charge is -2.13. The maximum absolute atomic E-state index is 12.0. The maximum Gasteiger partial charge on any atom is 0.327 e. The molecule has 6 nitrogen and oxygen atoms in total. The van der Waals surface area contributed by atoms with Crippen LogP contribution in [0.15, 0.2) is 24.3 Å². The van der Waals surface area contributed by atoms with Gasteiger partial charge < -0.3 is 15.2 Å². The number of benzene rings is 1. The lowest BCUT2D eigenvalue weighted by molar-refractivity contribution is -0.140. The molecule has 0 heterocycles. The lowest BCUT2D eigenvalue weighted by atomic mass is 10.2. The Labute approximate surface area is 119 Å². The van der Waals surface area contributed by atoms with E-state index in [0.717, 1.165) is 5.56 Å². The van der Waals surface area contributed by atoms with E-state index in [9.17, 15) is 13.8 Å². The van der Waals surface area contributed by atoms with Crippen LogP contribution in [-0.2, 0) is 26.1 Å². The Morgan fingerprint density at radius 3 is 2.60 bits per heavy atom. The predicted molar refractivity (Wildman–Crippen MR) is 74.9 cm³/mol. The molecule has 1 rings (SSSR count). The van der Waals surface area contributed by atoms with Crippen LogP contribution in [0.3, 0.4) is 0 Å². The van der Waals surface area contributed by atoms with Crippen LogP contribution in [0.1, 0.15) is 12.5 Å². The zero-order valence-corrected chi connectivity index (χ0v) is 12.1. The van der Waals surface area contributed by atoms with Gasteiger partial charge in [0.15, 0.2) is 0 Å². The van der Waals surface area contributed by atoms with Gasteiger partial charge in [-0.2, -0.15) is 0 Å². The third-order valence-corrected chi connectivity index (χ3v) is 3.88. The van der Waals surface area contributed by atoms with Crippen LogP contribution in [0.5, 0.6) is 5.75 Å². The van der Waals surface area contributed by atoms with Gasteiger partial charge >= 0.3 is 5.97 Å². The maximum atomic E-state index is 12.0. The quantitative estimate of drug-likeness (QED) is 0.766. The zero-order valence-electron chi connectivity index (χ0n) is 11.3. The number of carbonyl (C=O) groups is 2. The standard InChI is InChI=1S/C13H17NO5S/c1-9(15)14-11(13(16)17)8-20(18)7-10-5-3-4-6-12(10)19-2/h3-6,11H,7-8H2,1-2H3,(H,14,15)(H,16,17)/t11-,20?/m0/s1. The number of hydrogen-bond acceptors (Lipinski definition) is 4. The monoisotopic (exact) mass is 299 g/mol. The molecule has 1 aromatic rings. The fourth-order valence-corrected chi connectivity index (χ4v) is 2.96. The minimum absolute atomic E-state index is 0.146. The number of methoxy groups -OCH3 is 1. The fourth-order valence-electron chi connectivity index (χ4n) is 1.66. The summed E-state index contributed by atoms with van der Waals surface area (Å²) in [5.74, 6) is -1.03. The first-order valence-corrected chi connectivity index (χ1v) is 7.39. The highest BCUT2D eigenvalue weighted by Gasteiger charge is 2.21. The number of carboxylic acid groups (broad SMARTS) is 1. The number of para-hydroxylation sites is 1. The SMILES string of the molecule is COc1ccccc1CS(=O)C[C@H](NC(C)=O)C(=O)O. The van der Waals surface area contributed by atoms with Gasteiger partial charge in [0.1, 0.15) is 11.8 Å². The molecule has 1 amide bonds. The number of rotatable bonds is 7. The van der Waals surface area contributed by atoms with Gasteiger partial charge in [0.2, 0.25) is 5.91 Å². The molecule has 2 N–H and O–H groups in total. The molecule has 0 fully saturated rings. The van der Waals surface area contributed by atoms with E-state index < -0.39 is 28.7 Å². The van der Waals surface area contributed by atoms with Crippen LogP contribution >= 0.6 is 0 Å².